The second kappa shape index (κ2) is 4.75. The zero-order valence-electron chi connectivity index (χ0n) is 9.21. The molecular formula is C11H11N3O3. The second-order valence-corrected chi connectivity index (χ2v) is 3.45. The average Bonchev–Trinajstić information content (AvgIpc) is 2.78. The summed E-state index contributed by atoms with van der Waals surface area (Å²) in [5, 5.41) is 13.8. The topological polar surface area (TPSA) is 81.2 Å². The predicted octanol–water partition coefficient (Wildman–Crippen LogP) is 1.97. The molecule has 0 amide bonds. The highest BCUT2D eigenvalue weighted by Gasteiger charge is 2.18. The largest absolute Gasteiger partial charge is 0.444 e. The van der Waals surface area contributed by atoms with Crippen molar-refractivity contribution in [3.63, 3.8) is 0 Å². The second-order valence-electron chi connectivity index (χ2n) is 3.45. The number of nitro groups is 1. The number of nitrogens with one attached hydrogen (secondary N) is 1. The lowest BCUT2D eigenvalue weighted by atomic mass is 10.2. The first-order valence-electron chi connectivity index (χ1n) is 5.05. The predicted molar refractivity (Wildman–Crippen MR) is 61.4 cm³/mol. The molecule has 0 fully saturated rings. The van der Waals surface area contributed by atoms with Crippen molar-refractivity contribution >= 4 is 5.69 Å². The van der Waals surface area contributed by atoms with Crippen LogP contribution in [0.15, 0.2) is 34.9 Å². The van der Waals surface area contributed by atoms with Crippen molar-refractivity contribution in [3.05, 3.63) is 46.3 Å². The van der Waals surface area contributed by atoms with Crippen LogP contribution in [0, 0.1) is 10.1 Å². The van der Waals surface area contributed by atoms with Gasteiger partial charge in [-0.2, -0.15) is 0 Å². The first-order valence-corrected chi connectivity index (χ1v) is 5.05. The molecule has 2 rings (SSSR count). The van der Waals surface area contributed by atoms with Gasteiger partial charge in [0, 0.05) is 12.6 Å². The summed E-state index contributed by atoms with van der Waals surface area (Å²) in [5.74, 6) is 0.266. The smallest absolute Gasteiger partial charge is 0.282 e. The standard InChI is InChI=1S/C11H11N3O3/c1-12-6-8-7-17-11(13-8)9-4-2-3-5-10(9)14(15)16/h2-5,7,12H,6H2,1H3. The Morgan fingerprint density at radius 3 is 2.94 bits per heavy atom. The third-order valence-corrected chi connectivity index (χ3v) is 2.24. The molecule has 0 unspecified atom stereocenters. The van der Waals surface area contributed by atoms with Crippen molar-refractivity contribution < 1.29 is 9.34 Å². The van der Waals surface area contributed by atoms with E-state index < -0.39 is 4.92 Å². The van der Waals surface area contributed by atoms with E-state index in [-0.39, 0.29) is 11.6 Å². The van der Waals surface area contributed by atoms with Gasteiger partial charge in [-0.05, 0) is 13.1 Å². The van der Waals surface area contributed by atoms with Crippen molar-refractivity contribution in [1.82, 2.24) is 10.3 Å². The Bertz CT molecular complexity index is 536. The first-order chi connectivity index (χ1) is 8.22. The molecule has 0 spiro atoms. The number of aromatic nitrogens is 1. The normalized spacial score (nSPS) is 10.4. The van der Waals surface area contributed by atoms with Crippen molar-refractivity contribution in [2.24, 2.45) is 0 Å². The quantitative estimate of drug-likeness (QED) is 0.645. The van der Waals surface area contributed by atoms with E-state index in [0.717, 1.165) is 0 Å². The zero-order chi connectivity index (χ0) is 12.3. The Hall–Kier alpha value is -2.21. The molecule has 0 bridgehead atoms. The molecule has 17 heavy (non-hydrogen) atoms. The monoisotopic (exact) mass is 233 g/mol. The molecule has 2 aromatic rings. The molecule has 0 saturated heterocycles. The molecule has 0 aliphatic carbocycles. The Morgan fingerprint density at radius 2 is 2.24 bits per heavy atom. The lowest BCUT2D eigenvalue weighted by Gasteiger charge is -1.97. The SMILES string of the molecule is CNCc1coc(-c2ccccc2[N+](=O)[O-])n1. The Labute approximate surface area is 97.4 Å². The molecule has 0 radical (unpaired) electrons. The first kappa shape index (κ1) is 11.3. The molecule has 0 saturated carbocycles. The van der Waals surface area contributed by atoms with E-state index >= 15 is 0 Å². The maximum absolute atomic E-state index is 10.9. The highest BCUT2D eigenvalue weighted by molar-refractivity contribution is 5.66. The van der Waals surface area contributed by atoms with Gasteiger partial charge in [0.15, 0.2) is 0 Å². The molecule has 88 valence electrons. The average molecular weight is 233 g/mol. The number of rotatable bonds is 4. The number of nitrogens with zero attached hydrogens (tertiary/aromatic N) is 2. The Morgan fingerprint density at radius 1 is 1.47 bits per heavy atom. The number of nitro benzene ring substituents is 1. The van der Waals surface area contributed by atoms with Gasteiger partial charge in [0.25, 0.3) is 5.69 Å². The summed E-state index contributed by atoms with van der Waals surface area (Å²) in [6.45, 7) is 0.560. The Kier molecular flexibility index (Phi) is 3.15. The van der Waals surface area contributed by atoms with Crippen LogP contribution in [0.2, 0.25) is 0 Å². The summed E-state index contributed by atoms with van der Waals surface area (Å²) < 4.78 is 5.24. The van der Waals surface area contributed by atoms with Crippen LogP contribution in [-0.4, -0.2) is 17.0 Å². The van der Waals surface area contributed by atoms with Crippen LogP contribution in [0.5, 0.6) is 0 Å². The van der Waals surface area contributed by atoms with Crippen LogP contribution in [0.4, 0.5) is 5.69 Å². The molecule has 1 heterocycles. The van der Waals surface area contributed by atoms with Crippen LogP contribution in [0.1, 0.15) is 5.69 Å². The van der Waals surface area contributed by atoms with E-state index in [1.165, 1.54) is 12.3 Å². The summed E-state index contributed by atoms with van der Waals surface area (Å²) in [6.07, 6.45) is 1.49. The molecule has 6 heteroatoms. The minimum absolute atomic E-state index is 0.00893. The molecule has 6 nitrogen and oxygen atoms in total. The Balaban J connectivity index is 2.41. The summed E-state index contributed by atoms with van der Waals surface area (Å²) >= 11 is 0. The summed E-state index contributed by atoms with van der Waals surface area (Å²) in [4.78, 5) is 14.6. The van der Waals surface area contributed by atoms with Gasteiger partial charge in [0.1, 0.15) is 11.8 Å². The fourth-order valence-electron chi connectivity index (χ4n) is 1.51. The van der Waals surface area contributed by atoms with Gasteiger partial charge in [-0.1, -0.05) is 12.1 Å². The number of para-hydroxylation sites is 1. The fraction of sp³-hybridized carbons (Fsp3) is 0.182. The van der Waals surface area contributed by atoms with E-state index in [9.17, 15) is 10.1 Å². The third kappa shape index (κ3) is 2.31. The third-order valence-electron chi connectivity index (χ3n) is 2.24. The van der Waals surface area contributed by atoms with Crippen LogP contribution in [-0.2, 0) is 6.54 Å². The molecule has 0 atom stereocenters. The number of benzene rings is 1. The van der Waals surface area contributed by atoms with Crippen LogP contribution < -0.4 is 5.32 Å². The van der Waals surface area contributed by atoms with Crippen LogP contribution in [0.3, 0.4) is 0 Å². The van der Waals surface area contributed by atoms with Gasteiger partial charge in [-0.3, -0.25) is 10.1 Å². The highest BCUT2D eigenvalue weighted by atomic mass is 16.6. The van der Waals surface area contributed by atoms with Gasteiger partial charge in [0.05, 0.1) is 10.6 Å². The lowest BCUT2D eigenvalue weighted by Crippen LogP contribution is -2.04. The highest BCUT2D eigenvalue weighted by Crippen LogP contribution is 2.28. The van der Waals surface area contributed by atoms with Crippen molar-refractivity contribution in [2.75, 3.05) is 7.05 Å². The van der Waals surface area contributed by atoms with Gasteiger partial charge in [-0.25, -0.2) is 4.98 Å². The maximum atomic E-state index is 10.9. The molecular weight excluding hydrogens is 222 g/mol. The van der Waals surface area contributed by atoms with Gasteiger partial charge in [0.2, 0.25) is 5.89 Å². The van der Waals surface area contributed by atoms with Gasteiger partial charge >= 0.3 is 0 Å². The minimum atomic E-state index is -0.447. The zero-order valence-corrected chi connectivity index (χ0v) is 9.21. The molecule has 1 aromatic carbocycles. The van der Waals surface area contributed by atoms with Crippen LogP contribution in [0.25, 0.3) is 11.5 Å². The van der Waals surface area contributed by atoms with Gasteiger partial charge in [-0.15, -0.1) is 0 Å². The number of hydrogen-bond donors (Lipinski definition) is 1. The van der Waals surface area contributed by atoms with Gasteiger partial charge < -0.3 is 9.73 Å². The minimum Gasteiger partial charge on any atom is -0.444 e. The molecule has 0 aliphatic heterocycles. The number of hydrogen-bond acceptors (Lipinski definition) is 5. The fourth-order valence-corrected chi connectivity index (χ4v) is 1.51. The van der Waals surface area contributed by atoms with E-state index in [0.29, 0.717) is 17.8 Å². The van der Waals surface area contributed by atoms with E-state index in [1.807, 2.05) is 0 Å². The van der Waals surface area contributed by atoms with Crippen molar-refractivity contribution in [3.8, 4) is 11.5 Å². The van der Waals surface area contributed by atoms with E-state index in [4.69, 9.17) is 4.42 Å². The summed E-state index contributed by atoms with van der Waals surface area (Å²) in [6, 6.07) is 6.37. The van der Waals surface area contributed by atoms with E-state index in [1.54, 1.807) is 25.2 Å². The summed E-state index contributed by atoms with van der Waals surface area (Å²) in [7, 11) is 1.79. The molecule has 0 aliphatic rings. The van der Waals surface area contributed by atoms with E-state index in [2.05, 4.69) is 10.3 Å². The molecule has 1 aromatic heterocycles. The number of oxazole rings is 1. The van der Waals surface area contributed by atoms with Crippen molar-refractivity contribution in [1.29, 1.82) is 0 Å². The summed E-state index contributed by atoms with van der Waals surface area (Å²) in [5.41, 5.74) is 1.09. The lowest BCUT2D eigenvalue weighted by molar-refractivity contribution is -0.384. The molecule has 1 N–H and O–H groups in total. The maximum Gasteiger partial charge on any atom is 0.282 e. The van der Waals surface area contributed by atoms with Crippen molar-refractivity contribution in [2.45, 2.75) is 6.54 Å². The van der Waals surface area contributed by atoms with Crippen LogP contribution >= 0.6 is 0 Å².